The summed E-state index contributed by atoms with van der Waals surface area (Å²) < 4.78 is 26.3. The van der Waals surface area contributed by atoms with E-state index in [0.29, 0.717) is 18.4 Å². The van der Waals surface area contributed by atoms with Crippen LogP contribution in [-0.2, 0) is 11.2 Å². The molecule has 2 aliphatic carbocycles. The Hall–Kier alpha value is -2.27. The van der Waals surface area contributed by atoms with Crippen molar-refractivity contribution in [1.82, 2.24) is 5.32 Å². The average molecular weight is 329 g/mol. The van der Waals surface area contributed by atoms with E-state index >= 15 is 0 Å². The molecular weight excluding hydrogens is 312 g/mol. The first-order chi connectivity index (χ1) is 11.5. The van der Waals surface area contributed by atoms with Gasteiger partial charge >= 0.3 is 0 Å². The van der Waals surface area contributed by atoms with E-state index in [9.17, 15) is 18.7 Å². The molecule has 0 spiro atoms. The molecule has 124 valence electrons. The molecule has 4 atom stereocenters. The van der Waals surface area contributed by atoms with Crippen LogP contribution in [0.15, 0.2) is 42.5 Å². The van der Waals surface area contributed by atoms with Crippen molar-refractivity contribution in [2.75, 3.05) is 0 Å². The van der Waals surface area contributed by atoms with Crippen LogP contribution >= 0.6 is 0 Å². The van der Waals surface area contributed by atoms with Crippen LogP contribution in [0.2, 0.25) is 0 Å². The van der Waals surface area contributed by atoms with Gasteiger partial charge in [0.05, 0.1) is 12.1 Å². The first kappa shape index (κ1) is 15.3. The molecule has 4 rings (SSSR count). The molecule has 2 aromatic rings. The van der Waals surface area contributed by atoms with Crippen molar-refractivity contribution < 1.29 is 18.7 Å². The van der Waals surface area contributed by atoms with Gasteiger partial charge in [-0.3, -0.25) is 4.79 Å². The third kappa shape index (κ3) is 2.59. The molecule has 1 amide bonds. The fourth-order valence-electron chi connectivity index (χ4n) is 3.60. The number of halogens is 2. The number of benzene rings is 2. The van der Waals surface area contributed by atoms with Gasteiger partial charge in [0.2, 0.25) is 5.91 Å². The molecule has 2 aromatic carbocycles. The summed E-state index contributed by atoms with van der Waals surface area (Å²) in [6.07, 6.45) is 0.506. The second kappa shape index (κ2) is 5.67. The third-order valence-electron chi connectivity index (χ3n) is 5.00. The highest BCUT2D eigenvalue weighted by Crippen LogP contribution is 2.48. The van der Waals surface area contributed by atoms with Crippen LogP contribution in [0.3, 0.4) is 0 Å². The molecule has 0 aromatic heterocycles. The van der Waals surface area contributed by atoms with E-state index in [-0.39, 0.29) is 17.7 Å². The lowest BCUT2D eigenvalue weighted by molar-refractivity contribution is -0.123. The molecule has 1 fully saturated rings. The molecule has 1 saturated carbocycles. The summed E-state index contributed by atoms with van der Waals surface area (Å²) in [5, 5.41) is 13.1. The van der Waals surface area contributed by atoms with Crippen molar-refractivity contribution in [3.05, 3.63) is 70.8 Å². The smallest absolute Gasteiger partial charge is 0.224 e. The van der Waals surface area contributed by atoms with Gasteiger partial charge in [-0.25, -0.2) is 8.78 Å². The zero-order valence-electron chi connectivity index (χ0n) is 12.9. The van der Waals surface area contributed by atoms with Crippen LogP contribution in [0.5, 0.6) is 0 Å². The highest BCUT2D eigenvalue weighted by Gasteiger charge is 2.45. The molecule has 2 aliphatic rings. The maximum absolute atomic E-state index is 13.3. The molecule has 0 unspecified atom stereocenters. The summed E-state index contributed by atoms with van der Waals surface area (Å²) in [6.45, 7) is 0. The number of rotatable bonds is 3. The van der Waals surface area contributed by atoms with Crippen LogP contribution < -0.4 is 5.32 Å². The Morgan fingerprint density at radius 1 is 1.12 bits per heavy atom. The molecular formula is C19H17F2NO2. The second-order valence-electron chi connectivity index (χ2n) is 6.58. The van der Waals surface area contributed by atoms with E-state index in [0.717, 1.165) is 23.3 Å². The van der Waals surface area contributed by atoms with Crippen molar-refractivity contribution >= 4 is 5.91 Å². The molecule has 0 saturated heterocycles. The molecule has 5 heteroatoms. The largest absolute Gasteiger partial charge is 0.390 e. The van der Waals surface area contributed by atoms with Crippen LogP contribution in [0.1, 0.15) is 35.1 Å². The Kier molecular flexibility index (Phi) is 3.61. The number of amides is 1. The number of carbonyl (C=O) groups is 1. The highest BCUT2D eigenvalue weighted by molar-refractivity contribution is 5.83. The number of hydrogen-bond acceptors (Lipinski definition) is 2. The molecule has 0 aliphatic heterocycles. The number of aliphatic hydroxyl groups excluding tert-OH is 1. The summed E-state index contributed by atoms with van der Waals surface area (Å²) in [5.74, 6) is -2.26. The van der Waals surface area contributed by atoms with Gasteiger partial charge in [-0.15, -0.1) is 0 Å². The Labute approximate surface area is 138 Å². The standard InChI is InChI=1S/C19H17F2NO2/c20-15-6-5-11(7-16(15)21)13-9-14(13)19(24)22-18-12-4-2-1-3-10(12)8-17(18)23/h1-7,13-14,17-18,23H,8-9H2,(H,22,24)/t13-,14-,17-,18+/m0/s1. The Morgan fingerprint density at radius 2 is 1.92 bits per heavy atom. The zero-order chi connectivity index (χ0) is 16.8. The topological polar surface area (TPSA) is 49.3 Å². The lowest BCUT2D eigenvalue weighted by atomic mass is 10.1. The third-order valence-corrected chi connectivity index (χ3v) is 5.00. The lowest BCUT2D eigenvalue weighted by Crippen LogP contribution is -2.35. The van der Waals surface area contributed by atoms with Gasteiger partial charge in [-0.1, -0.05) is 30.3 Å². The summed E-state index contributed by atoms with van der Waals surface area (Å²) in [4.78, 5) is 12.5. The van der Waals surface area contributed by atoms with Crippen molar-refractivity contribution in [1.29, 1.82) is 0 Å². The van der Waals surface area contributed by atoms with Crippen LogP contribution in [0, 0.1) is 17.6 Å². The first-order valence-electron chi connectivity index (χ1n) is 8.06. The minimum absolute atomic E-state index is 0.0890. The van der Waals surface area contributed by atoms with Gasteiger partial charge in [0.15, 0.2) is 11.6 Å². The number of nitrogens with one attached hydrogen (secondary N) is 1. The molecule has 24 heavy (non-hydrogen) atoms. The summed E-state index contributed by atoms with van der Waals surface area (Å²) >= 11 is 0. The number of carbonyl (C=O) groups excluding carboxylic acids is 1. The molecule has 0 bridgehead atoms. The predicted octanol–water partition coefficient (Wildman–Crippen LogP) is 2.84. The van der Waals surface area contributed by atoms with Gasteiger partial charge in [-0.05, 0) is 41.2 Å². The van der Waals surface area contributed by atoms with Gasteiger partial charge in [0, 0.05) is 12.3 Å². The zero-order valence-corrected chi connectivity index (χ0v) is 12.9. The van der Waals surface area contributed by atoms with E-state index in [4.69, 9.17) is 0 Å². The maximum atomic E-state index is 13.3. The van der Waals surface area contributed by atoms with Crippen LogP contribution in [0.4, 0.5) is 8.78 Å². The van der Waals surface area contributed by atoms with Crippen molar-refractivity contribution in [2.24, 2.45) is 5.92 Å². The number of aliphatic hydroxyl groups is 1. The predicted molar refractivity (Wildman–Crippen MR) is 84.2 cm³/mol. The minimum Gasteiger partial charge on any atom is -0.390 e. The molecule has 3 nitrogen and oxygen atoms in total. The Balaban J connectivity index is 1.46. The van der Waals surface area contributed by atoms with Crippen LogP contribution in [0.25, 0.3) is 0 Å². The molecule has 0 radical (unpaired) electrons. The molecule has 2 N–H and O–H groups in total. The number of hydrogen-bond donors (Lipinski definition) is 2. The van der Waals surface area contributed by atoms with Gasteiger partial charge in [0.25, 0.3) is 0 Å². The average Bonchev–Trinajstić information content (AvgIpc) is 3.30. The normalized spacial score (nSPS) is 27.6. The highest BCUT2D eigenvalue weighted by atomic mass is 19.2. The lowest BCUT2D eigenvalue weighted by Gasteiger charge is -2.18. The van der Waals surface area contributed by atoms with Crippen molar-refractivity contribution in [3.63, 3.8) is 0 Å². The van der Waals surface area contributed by atoms with E-state index in [1.54, 1.807) is 0 Å². The monoisotopic (exact) mass is 329 g/mol. The Bertz CT molecular complexity index is 808. The van der Waals surface area contributed by atoms with E-state index < -0.39 is 23.8 Å². The minimum atomic E-state index is -0.890. The number of fused-ring (bicyclic) bond motifs is 1. The van der Waals surface area contributed by atoms with Gasteiger partial charge in [0.1, 0.15) is 0 Å². The van der Waals surface area contributed by atoms with E-state index in [1.807, 2.05) is 24.3 Å². The Morgan fingerprint density at radius 3 is 2.71 bits per heavy atom. The van der Waals surface area contributed by atoms with E-state index in [2.05, 4.69) is 5.32 Å². The summed E-state index contributed by atoms with van der Waals surface area (Å²) in [6, 6.07) is 11.0. The second-order valence-corrected chi connectivity index (χ2v) is 6.58. The van der Waals surface area contributed by atoms with Crippen LogP contribution in [-0.4, -0.2) is 17.1 Å². The van der Waals surface area contributed by atoms with E-state index in [1.165, 1.54) is 6.07 Å². The molecule has 0 heterocycles. The fourth-order valence-corrected chi connectivity index (χ4v) is 3.60. The first-order valence-corrected chi connectivity index (χ1v) is 8.06. The quantitative estimate of drug-likeness (QED) is 0.910. The SMILES string of the molecule is O=C(N[C@@H]1c2ccccc2C[C@@H]1O)[C@H]1C[C@H]1c1ccc(F)c(F)c1. The van der Waals surface area contributed by atoms with Crippen molar-refractivity contribution in [2.45, 2.75) is 30.9 Å². The summed E-state index contributed by atoms with van der Waals surface area (Å²) in [5.41, 5.74) is 2.63. The van der Waals surface area contributed by atoms with Gasteiger partial charge in [-0.2, -0.15) is 0 Å². The maximum Gasteiger partial charge on any atom is 0.224 e. The summed E-state index contributed by atoms with van der Waals surface area (Å²) in [7, 11) is 0. The fraction of sp³-hybridized carbons (Fsp3) is 0.316. The van der Waals surface area contributed by atoms with Gasteiger partial charge < -0.3 is 10.4 Å². The van der Waals surface area contributed by atoms with Crippen molar-refractivity contribution in [3.8, 4) is 0 Å².